The fraction of sp³-hybridized carbons (Fsp3) is 0.952. The van der Waals surface area contributed by atoms with Gasteiger partial charge in [-0.25, -0.2) is 8.42 Å². The Morgan fingerprint density at radius 2 is 1.45 bits per heavy atom. The zero-order valence-corrected chi connectivity index (χ0v) is 24.1. The molecular weight excluding hydrogens is 483 g/mol. The molecule has 1 heterocycles. The smallest absolute Gasteiger partial charge is 0.726 e. The maximum atomic E-state index is 12.0. The number of hydrogen-bond donors (Lipinski definition) is 2. The van der Waals surface area contributed by atoms with Crippen LogP contribution >= 0.6 is 0 Å². The van der Waals surface area contributed by atoms with Crippen LogP contribution in [0.4, 0.5) is 0 Å². The Bertz CT molecular complexity index is 618. The number of hydrogen-bond acceptors (Lipinski definition) is 10. The molecule has 0 aromatic rings. The van der Waals surface area contributed by atoms with Gasteiger partial charge in [0.15, 0.2) is 6.29 Å². The second kappa shape index (κ2) is 19.0. The summed E-state index contributed by atoms with van der Waals surface area (Å²) in [4.78, 5) is 12.0. The first-order chi connectivity index (χ1) is 15.2. The van der Waals surface area contributed by atoms with Crippen LogP contribution < -0.4 is 51.4 Å². The normalized spacial score (nSPS) is 25.4. The third-order valence-electron chi connectivity index (χ3n) is 5.50. The average Bonchev–Trinajstić information content (AvgIpc) is 2.74. The largest absolute Gasteiger partial charge is 1.00 e. The fourth-order valence-electron chi connectivity index (χ4n) is 3.67. The first-order valence-corrected chi connectivity index (χ1v) is 12.9. The van der Waals surface area contributed by atoms with Crippen LogP contribution in [0.25, 0.3) is 0 Å². The molecule has 1 saturated heterocycles. The van der Waals surface area contributed by atoms with Crippen molar-refractivity contribution in [2.75, 3.05) is 13.7 Å². The molecule has 190 valence electrons. The van der Waals surface area contributed by atoms with Crippen molar-refractivity contribution in [3.05, 3.63) is 0 Å². The van der Waals surface area contributed by atoms with Crippen molar-refractivity contribution < 1.29 is 97.8 Å². The molecule has 0 bridgehead atoms. The monoisotopic (exact) mass is 522 g/mol. The van der Waals surface area contributed by atoms with E-state index in [9.17, 15) is 28.0 Å². The average molecular weight is 523 g/mol. The minimum atomic E-state index is -5.19. The van der Waals surface area contributed by atoms with Gasteiger partial charge in [-0.05, 0) is 6.42 Å². The van der Waals surface area contributed by atoms with E-state index in [0.29, 0.717) is 6.42 Å². The molecule has 0 saturated carbocycles. The zero-order chi connectivity index (χ0) is 24.0. The van der Waals surface area contributed by atoms with Crippen LogP contribution in [0.2, 0.25) is 0 Å². The molecule has 0 unspecified atom stereocenters. The van der Waals surface area contributed by atoms with Crippen LogP contribution in [0, 0.1) is 0 Å². The molecule has 0 aromatic carbocycles. The van der Waals surface area contributed by atoms with Gasteiger partial charge in [0.1, 0.15) is 31.0 Å². The number of aliphatic hydroxyl groups is 2. The van der Waals surface area contributed by atoms with E-state index in [1.165, 1.54) is 52.1 Å². The summed E-state index contributed by atoms with van der Waals surface area (Å²) in [5.41, 5.74) is 0. The maximum absolute atomic E-state index is 12.0. The molecule has 0 aromatic heterocycles. The van der Waals surface area contributed by atoms with Gasteiger partial charge in [0.2, 0.25) is 10.4 Å². The second-order valence-corrected chi connectivity index (χ2v) is 9.21. The molecule has 1 aliphatic rings. The molecule has 33 heavy (non-hydrogen) atoms. The number of ether oxygens (including phenoxy) is 3. The number of carbonyl (C=O) groups excluding carboxylic acids is 1. The van der Waals surface area contributed by atoms with Crippen LogP contribution in [0.3, 0.4) is 0 Å². The van der Waals surface area contributed by atoms with Crippen molar-refractivity contribution in [1.82, 2.24) is 0 Å². The molecule has 1 rings (SSSR count). The molecule has 0 amide bonds. The van der Waals surface area contributed by atoms with Crippen molar-refractivity contribution in [2.45, 2.75) is 115 Å². The van der Waals surface area contributed by atoms with Crippen molar-refractivity contribution in [1.29, 1.82) is 0 Å². The minimum absolute atomic E-state index is 0. The van der Waals surface area contributed by atoms with E-state index in [2.05, 4.69) is 11.1 Å². The molecule has 0 radical (unpaired) electrons. The molecule has 12 heteroatoms. The van der Waals surface area contributed by atoms with Crippen LogP contribution in [0.1, 0.15) is 84.0 Å². The van der Waals surface area contributed by atoms with E-state index < -0.39 is 53.7 Å². The number of rotatable bonds is 17. The third kappa shape index (κ3) is 14.8. The van der Waals surface area contributed by atoms with Gasteiger partial charge < -0.3 is 29.0 Å². The zero-order valence-electron chi connectivity index (χ0n) is 20.1. The van der Waals surface area contributed by atoms with E-state index in [-0.39, 0.29) is 57.8 Å². The van der Waals surface area contributed by atoms with Crippen molar-refractivity contribution in [3.63, 3.8) is 0 Å². The number of aliphatic hydroxyl groups excluding tert-OH is 2. The van der Waals surface area contributed by atoms with Gasteiger partial charge >= 0.3 is 57.4 Å². The predicted molar refractivity (Wildman–Crippen MR) is 114 cm³/mol. The first-order valence-electron chi connectivity index (χ1n) is 11.5. The van der Waals surface area contributed by atoms with Crippen molar-refractivity contribution in [2.24, 2.45) is 0 Å². The summed E-state index contributed by atoms with van der Waals surface area (Å²) in [6.07, 6.45) is 5.10. The Labute approximate surface area is 240 Å². The second-order valence-electron chi connectivity index (χ2n) is 8.20. The van der Waals surface area contributed by atoms with Crippen LogP contribution in [-0.2, 0) is 33.6 Å². The van der Waals surface area contributed by atoms with Crippen LogP contribution in [0.5, 0.6) is 0 Å². The summed E-state index contributed by atoms with van der Waals surface area (Å²) >= 11 is 0. The Morgan fingerprint density at radius 3 is 1.94 bits per heavy atom. The summed E-state index contributed by atoms with van der Waals surface area (Å²) < 4.78 is 52.4. The number of esters is 1. The quantitative estimate of drug-likeness (QED) is 0.0814. The van der Waals surface area contributed by atoms with Gasteiger partial charge in [0, 0.05) is 13.5 Å². The third-order valence-corrected chi connectivity index (χ3v) is 5.95. The summed E-state index contributed by atoms with van der Waals surface area (Å²) in [6, 6.07) is 0. The molecule has 0 aliphatic carbocycles. The number of methoxy groups -OCH3 is 1. The van der Waals surface area contributed by atoms with E-state index in [1.807, 2.05) is 0 Å². The Kier molecular flexibility index (Phi) is 19.5. The summed E-state index contributed by atoms with van der Waals surface area (Å²) in [5.74, 6) is -0.511. The fourth-order valence-corrected chi connectivity index (χ4v) is 4.18. The van der Waals surface area contributed by atoms with Crippen LogP contribution in [-0.4, -0.2) is 73.6 Å². The molecular formula is C21H39KO10S. The molecule has 1 aliphatic heterocycles. The van der Waals surface area contributed by atoms with Gasteiger partial charge in [0.25, 0.3) is 0 Å². The van der Waals surface area contributed by atoms with Gasteiger partial charge in [-0.1, -0.05) is 71.1 Å². The summed E-state index contributed by atoms with van der Waals surface area (Å²) in [7, 11) is -3.98. The first kappa shape index (κ1) is 33.8. The minimum Gasteiger partial charge on any atom is -0.726 e. The van der Waals surface area contributed by atoms with E-state index >= 15 is 0 Å². The topological polar surface area (TPSA) is 152 Å². The van der Waals surface area contributed by atoms with E-state index in [0.717, 1.165) is 19.3 Å². The van der Waals surface area contributed by atoms with Gasteiger partial charge in [0.05, 0.1) is 0 Å². The SMILES string of the molecule is CCCCCCCCCCCCCC(=O)OC[C@H]1O[C@H](OC)[C@H](O)[C@@H](O)[C@@H]1OS(=O)(=O)[O-].[K+]. The molecule has 10 nitrogen and oxygen atoms in total. The predicted octanol–water partition coefficient (Wildman–Crippen LogP) is -0.827. The van der Waals surface area contributed by atoms with E-state index in [1.54, 1.807) is 0 Å². The van der Waals surface area contributed by atoms with Gasteiger partial charge in [-0.2, -0.15) is 0 Å². The Hall–Kier alpha value is 0.816. The molecule has 5 atom stereocenters. The maximum Gasteiger partial charge on any atom is 1.00 e. The molecule has 2 N–H and O–H groups in total. The number of carbonyl (C=O) groups is 1. The van der Waals surface area contributed by atoms with Crippen molar-refractivity contribution in [3.8, 4) is 0 Å². The standard InChI is InChI=1S/C21H40O10S.K/c1-3-4-5-6-7-8-9-10-11-12-13-14-17(22)29-15-16-20(31-32(25,26)27)18(23)19(24)21(28-2)30-16;/h16,18-21,23-24H,3-15H2,1-2H3,(H,25,26,27);/q;+1/p-1/t16-,18-,19-,20-,21+;/m1./s1. The summed E-state index contributed by atoms with van der Waals surface area (Å²) in [6.45, 7) is 1.75. The Morgan fingerprint density at radius 1 is 0.939 bits per heavy atom. The van der Waals surface area contributed by atoms with Gasteiger partial charge in [-0.15, -0.1) is 0 Å². The molecule has 1 fully saturated rings. The molecule has 0 spiro atoms. The number of unbranched alkanes of at least 4 members (excludes halogenated alkanes) is 10. The van der Waals surface area contributed by atoms with Crippen LogP contribution in [0.15, 0.2) is 0 Å². The van der Waals surface area contributed by atoms with Crippen molar-refractivity contribution >= 4 is 16.4 Å². The summed E-state index contributed by atoms with van der Waals surface area (Å²) in [5, 5.41) is 20.0. The Balaban J connectivity index is 0.0000102. The van der Waals surface area contributed by atoms with E-state index in [4.69, 9.17) is 14.2 Å². The van der Waals surface area contributed by atoms with Gasteiger partial charge in [-0.3, -0.25) is 8.98 Å².